The van der Waals surface area contributed by atoms with E-state index in [2.05, 4.69) is 38.2 Å². The van der Waals surface area contributed by atoms with Crippen LogP contribution in [-0.4, -0.2) is 5.91 Å². The summed E-state index contributed by atoms with van der Waals surface area (Å²) >= 11 is 0. The van der Waals surface area contributed by atoms with Crippen molar-refractivity contribution in [3.05, 3.63) is 113 Å². The second-order valence-electron chi connectivity index (χ2n) is 8.05. The van der Waals surface area contributed by atoms with Crippen molar-refractivity contribution >= 4 is 12.0 Å². The maximum Gasteiger partial charge on any atom is 0.252 e. The highest BCUT2D eigenvalue weighted by atomic mass is 16.1. The molecule has 0 fully saturated rings. The Morgan fingerprint density at radius 3 is 1.75 bits per heavy atom. The van der Waals surface area contributed by atoms with E-state index in [1.54, 1.807) is 0 Å². The lowest BCUT2D eigenvalue weighted by molar-refractivity contribution is 0.0943. The molecule has 0 atom stereocenters. The molecule has 2 heteroatoms. The Hall–Kier alpha value is -3.13. The van der Waals surface area contributed by atoms with Crippen molar-refractivity contribution in [2.45, 2.75) is 26.8 Å². The molecule has 0 radical (unpaired) electrons. The first-order valence-corrected chi connectivity index (χ1v) is 9.62. The average Bonchev–Trinajstić information content (AvgIpc) is 2.71. The van der Waals surface area contributed by atoms with Gasteiger partial charge in [0.2, 0.25) is 0 Å². The van der Waals surface area contributed by atoms with Crippen molar-refractivity contribution in [2.75, 3.05) is 0 Å². The Labute approximate surface area is 167 Å². The molecule has 1 amide bonds. The maximum atomic E-state index is 12.9. The summed E-state index contributed by atoms with van der Waals surface area (Å²) in [4.78, 5) is 12.9. The van der Waals surface area contributed by atoms with Crippen molar-refractivity contribution in [3.8, 4) is 0 Å². The number of nitrogens with one attached hydrogen (secondary N) is 1. The van der Waals surface area contributed by atoms with Crippen LogP contribution in [0.25, 0.3) is 6.08 Å². The van der Waals surface area contributed by atoms with Gasteiger partial charge < -0.3 is 5.32 Å². The summed E-state index contributed by atoms with van der Waals surface area (Å²) in [5, 5.41) is 3.18. The lowest BCUT2D eigenvalue weighted by Crippen LogP contribution is -2.29. The molecule has 142 valence electrons. The summed E-state index contributed by atoms with van der Waals surface area (Å²) in [6.45, 7) is 6.50. The molecular weight excluding hydrogens is 342 g/mol. The molecule has 28 heavy (non-hydrogen) atoms. The molecule has 3 rings (SSSR count). The fraction of sp³-hybridized carbons (Fsp3) is 0.192. The van der Waals surface area contributed by atoms with Gasteiger partial charge in [-0.2, -0.15) is 0 Å². The molecule has 0 aliphatic carbocycles. The largest absolute Gasteiger partial charge is 0.341 e. The number of amides is 1. The highest BCUT2D eigenvalue weighted by Crippen LogP contribution is 2.23. The van der Waals surface area contributed by atoms with Crippen LogP contribution in [0, 0.1) is 5.41 Å². The first kappa shape index (κ1) is 19.6. The molecule has 0 aliphatic heterocycles. The van der Waals surface area contributed by atoms with Gasteiger partial charge in [0.15, 0.2) is 0 Å². The van der Waals surface area contributed by atoms with E-state index in [-0.39, 0.29) is 17.4 Å². The van der Waals surface area contributed by atoms with Crippen molar-refractivity contribution in [1.29, 1.82) is 0 Å². The molecule has 2 nitrogen and oxygen atoms in total. The van der Waals surface area contributed by atoms with Crippen molar-refractivity contribution in [1.82, 2.24) is 5.32 Å². The SMILES string of the molecule is CC(C)(C)/C=C/c1ccc(C(=O)NC(c2ccccc2)c2ccccc2)cc1. The molecule has 0 bridgehead atoms. The van der Waals surface area contributed by atoms with E-state index in [4.69, 9.17) is 0 Å². The van der Waals surface area contributed by atoms with Crippen LogP contribution in [0.4, 0.5) is 0 Å². The van der Waals surface area contributed by atoms with Crippen molar-refractivity contribution < 1.29 is 4.79 Å². The van der Waals surface area contributed by atoms with Gasteiger partial charge in [0.05, 0.1) is 6.04 Å². The summed E-state index contributed by atoms with van der Waals surface area (Å²) in [5.41, 5.74) is 4.01. The summed E-state index contributed by atoms with van der Waals surface area (Å²) in [6, 6.07) is 27.6. The maximum absolute atomic E-state index is 12.9. The third-order valence-electron chi connectivity index (χ3n) is 4.49. The molecule has 0 heterocycles. The Morgan fingerprint density at radius 2 is 1.29 bits per heavy atom. The molecule has 0 spiro atoms. The topological polar surface area (TPSA) is 29.1 Å². The first-order chi connectivity index (χ1) is 13.4. The van der Waals surface area contributed by atoms with Crippen LogP contribution in [0.15, 0.2) is 91.0 Å². The van der Waals surface area contributed by atoms with Crippen LogP contribution < -0.4 is 5.32 Å². The zero-order valence-electron chi connectivity index (χ0n) is 16.7. The van der Waals surface area contributed by atoms with E-state index in [1.807, 2.05) is 84.9 Å². The first-order valence-electron chi connectivity index (χ1n) is 9.62. The second kappa shape index (κ2) is 8.71. The summed E-state index contributed by atoms with van der Waals surface area (Å²) in [7, 11) is 0. The third kappa shape index (κ3) is 5.43. The normalized spacial score (nSPS) is 11.7. The highest BCUT2D eigenvalue weighted by Gasteiger charge is 2.17. The summed E-state index contributed by atoms with van der Waals surface area (Å²) in [5.74, 6) is -0.0796. The Morgan fingerprint density at radius 1 is 0.786 bits per heavy atom. The lowest BCUT2D eigenvalue weighted by atomic mass is 9.95. The number of hydrogen-bond donors (Lipinski definition) is 1. The van der Waals surface area contributed by atoms with E-state index < -0.39 is 0 Å². The Balaban J connectivity index is 1.80. The van der Waals surface area contributed by atoms with Gasteiger partial charge in [0.25, 0.3) is 5.91 Å². The van der Waals surface area contributed by atoms with E-state index in [9.17, 15) is 4.79 Å². The number of benzene rings is 3. The van der Waals surface area contributed by atoms with Gasteiger partial charge in [-0.3, -0.25) is 4.79 Å². The quantitative estimate of drug-likeness (QED) is 0.564. The minimum absolute atomic E-state index is 0.0796. The van der Waals surface area contributed by atoms with E-state index >= 15 is 0 Å². The standard InChI is InChI=1S/C26H27NO/c1-26(2,3)19-18-20-14-16-23(17-15-20)25(28)27-24(21-10-6-4-7-11-21)22-12-8-5-9-13-22/h4-19,24H,1-3H3,(H,27,28)/b19-18+. The minimum atomic E-state index is -0.185. The Kier molecular flexibility index (Phi) is 6.10. The highest BCUT2D eigenvalue weighted by molar-refractivity contribution is 5.94. The third-order valence-corrected chi connectivity index (χ3v) is 4.49. The van der Waals surface area contributed by atoms with Gasteiger partial charge >= 0.3 is 0 Å². The van der Waals surface area contributed by atoms with Gasteiger partial charge in [-0.15, -0.1) is 0 Å². The van der Waals surface area contributed by atoms with E-state index in [0.717, 1.165) is 16.7 Å². The molecule has 0 unspecified atom stereocenters. The fourth-order valence-electron chi connectivity index (χ4n) is 2.96. The predicted molar refractivity (Wildman–Crippen MR) is 117 cm³/mol. The van der Waals surface area contributed by atoms with Crippen LogP contribution in [-0.2, 0) is 0 Å². The summed E-state index contributed by atoms with van der Waals surface area (Å²) < 4.78 is 0. The number of rotatable bonds is 5. The predicted octanol–water partition coefficient (Wildman–Crippen LogP) is 6.27. The van der Waals surface area contributed by atoms with Gasteiger partial charge in [0, 0.05) is 5.56 Å². The molecule has 3 aromatic rings. The molecule has 3 aromatic carbocycles. The van der Waals surface area contributed by atoms with Crippen LogP contribution in [0.2, 0.25) is 0 Å². The fourth-order valence-corrected chi connectivity index (χ4v) is 2.96. The number of carbonyl (C=O) groups excluding carboxylic acids is 1. The minimum Gasteiger partial charge on any atom is -0.341 e. The van der Waals surface area contributed by atoms with Crippen LogP contribution in [0.3, 0.4) is 0 Å². The summed E-state index contributed by atoms with van der Waals surface area (Å²) in [6.07, 6.45) is 4.27. The van der Waals surface area contributed by atoms with Crippen LogP contribution in [0.1, 0.15) is 53.9 Å². The molecule has 0 aromatic heterocycles. The van der Waals surface area contributed by atoms with Gasteiger partial charge in [-0.25, -0.2) is 0 Å². The van der Waals surface area contributed by atoms with Crippen molar-refractivity contribution in [2.24, 2.45) is 5.41 Å². The molecule has 1 N–H and O–H groups in total. The van der Waals surface area contributed by atoms with Crippen molar-refractivity contribution in [3.63, 3.8) is 0 Å². The number of allylic oxidation sites excluding steroid dienone is 1. The van der Waals surface area contributed by atoms with Gasteiger partial charge in [-0.1, -0.05) is 106 Å². The molecule has 0 aliphatic rings. The van der Waals surface area contributed by atoms with Crippen LogP contribution in [0.5, 0.6) is 0 Å². The molecule has 0 saturated carbocycles. The zero-order valence-corrected chi connectivity index (χ0v) is 16.7. The van der Waals surface area contributed by atoms with Crippen LogP contribution >= 0.6 is 0 Å². The number of hydrogen-bond acceptors (Lipinski definition) is 1. The van der Waals surface area contributed by atoms with Gasteiger partial charge in [-0.05, 0) is 34.2 Å². The second-order valence-corrected chi connectivity index (χ2v) is 8.05. The zero-order chi connectivity index (χ0) is 20.0. The van der Waals surface area contributed by atoms with Gasteiger partial charge in [0.1, 0.15) is 0 Å². The lowest BCUT2D eigenvalue weighted by Gasteiger charge is -2.20. The molecule has 0 saturated heterocycles. The number of carbonyl (C=O) groups is 1. The Bertz CT molecular complexity index is 880. The molecular formula is C26H27NO. The van der Waals surface area contributed by atoms with E-state index in [1.165, 1.54) is 0 Å². The average molecular weight is 370 g/mol. The van der Waals surface area contributed by atoms with E-state index in [0.29, 0.717) is 5.56 Å². The monoisotopic (exact) mass is 369 g/mol. The smallest absolute Gasteiger partial charge is 0.252 e.